The van der Waals surface area contributed by atoms with Crippen LogP contribution in [0.4, 0.5) is 20.4 Å². The summed E-state index contributed by atoms with van der Waals surface area (Å²) in [5.41, 5.74) is -0.725. The van der Waals surface area contributed by atoms with Crippen LogP contribution in [0, 0.1) is 11.6 Å². The van der Waals surface area contributed by atoms with Gasteiger partial charge in [-0.3, -0.25) is 14.1 Å². The Morgan fingerprint density at radius 3 is 2.28 bits per heavy atom. The van der Waals surface area contributed by atoms with Crippen LogP contribution in [0.3, 0.4) is 0 Å². The molecule has 13 heteroatoms. The summed E-state index contributed by atoms with van der Waals surface area (Å²) in [4.78, 5) is 29.3. The van der Waals surface area contributed by atoms with Crippen LogP contribution in [0.25, 0.3) is 22.4 Å². The van der Waals surface area contributed by atoms with Gasteiger partial charge in [-0.05, 0) is 71.3 Å². The molecular weight excluding hydrogens is 576 g/mol. The molecule has 1 aliphatic carbocycles. The lowest BCUT2D eigenvalue weighted by Gasteiger charge is -2.32. The van der Waals surface area contributed by atoms with E-state index in [2.05, 4.69) is 39.3 Å². The minimum atomic E-state index is -4.12. The van der Waals surface area contributed by atoms with Crippen molar-refractivity contribution in [2.75, 3.05) is 24.1 Å². The highest BCUT2D eigenvalue weighted by molar-refractivity contribution is 7.91. The molecule has 0 unspecified atom stereocenters. The first-order chi connectivity index (χ1) is 20.4. The van der Waals surface area contributed by atoms with E-state index < -0.39 is 38.7 Å². The van der Waals surface area contributed by atoms with Crippen LogP contribution in [-0.2, 0) is 15.8 Å². The number of rotatable bonds is 9. The number of hydrogen-bond acceptors (Lipinski definition) is 8. The van der Waals surface area contributed by atoms with Crippen molar-refractivity contribution >= 4 is 32.8 Å². The maximum atomic E-state index is 15.2. The van der Waals surface area contributed by atoms with Crippen LogP contribution < -0.4 is 15.6 Å². The number of benzene rings is 2. The fraction of sp³-hybridized carbons (Fsp3) is 0.400. The van der Waals surface area contributed by atoms with Gasteiger partial charge in [0.2, 0.25) is 16.0 Å². The Morgan fingerprint density at radius 2 is 1.67 bits per heavy atom. The Hall–Kier alpha value is -3.97. The van der Waals surface area contributed by atoms with Gasteiger partial charge in [0, 0.05) is 23.7 Å². The Bertz CT molecular complexity index is 1770. The average molecular weight is 612 g/mol. The summed E-state index contributed by atoms with van der Waals surface area (Å²) < 4.78 is 59.0. The topological polar surface area (TPSA) is 122 Å². The molecule has 0 aliphatic heterocycles. The molecule has 2 aromatic carbocycles. The molecule has 0 atom stereocenters. The number of anilines is 2. The van der Waals surface area contributed by atoms with E-state index in [1.807, 2.05) is 4.72 Å². The Kier molecular flexibility index (Phi) is 8.74. The molecular formula is C30H35F2N7O3S. The summed E-state index contributed by atoms with van der Waals surface area (Å²) in [6, 6.07) is 10.4. The molecule has 43 heavy (non-hydrogen) atoms. The second-order valence-corrected chi connectivity index (χ2v) is 13.1. The van der Waals surface area contributed by atoms with Gasteiger partial charge in [-0.15, -0.1) is 0 Å². The molecule has 0 amide bonds. The lowest BCUT2D eigenvalue weighted by molar-refractivity contribution is 0.221. The first-order valence-corrected chi connectivity index (χ1v) is 15.8. The minimum Gasteiger partial charge on any atom is -0.351 e. The van der Waals surface area contributed by atoms with Crippen molar-refractivity contribution in [1.29, 1.82) is 0 Å². The van der Waals surface area contributed by atoms with E-state index in [1.165, 1.54) is 10.8 Å². The van der Waals surface area contributed by atoms with Gasteiger partial charge in [-0.1, -0.05) is 30.3 Å². The highest BCUT2D eigenvalue weighted by Gasteiger charge is 2.25. The quantitative estimate of drug-likeness (QED) is 0.273. The van der Waals surface area contributed by atoms with Crippen LogP contribution in [0.1, 0.15) is 51.1 Å². The summed E-state index contributed by atoms with van der Waals surface area (Å²) in [6.07, 6.45) is 5.53. The fourth-order valence-corrected chi connectivity index (χ4v) is 6.66. The summed E-state index contributed by atoms with van der Waals surface area (Å²) in [5, 5.41) is 3.38. The van der Waals surface area contributed by atoms with Crippen molar-refractivity contribution < 1.29 is 17.2 Å². The molecule has 0 spiro atoms. The van der Waals surface area contributed by atoms with E-state index >= 15 is 8.78 Å². The molecule has 2 aromatic heterocycles. The molecule has 1 saturated carbocycles. The highest BCUT2D eigenvalue weighted by Crippen LogP contribution is 2.28. The molecule has 1 fully saturated rings. The van der Waals surface area contributed by atoms with Crippen LogP contribution in [0.5, 0.6) is 0 Å². The molecule has 10 nitrogen and oxygen atoms in total. The first kappa shape index (κ1) is 30.5. The maximum absolute atomic E-state index is 15.2. The predicted octanol–water partition coefficient (Wildman–Crippen LogP) is 4.94. The van der Waals surface area contributed by atoms with Crippen LogP contribution in [-0.4, -0.2) is 59.0 Å². The van der Waals surface area contributed by atoms with Gasteiger partial charge < -0.3 is 10.2 Å². The lowest BCUT2D eigenvalue weighted by Crippen LogP contribution is -2.36. The van der Waals surface area contributed by atoms with Crippen molar-refractivity contribution in [3.63, 3.8) is 0 Å². The predicted molar refractivity (Wildman–Crippen MR) is 163 cm³/mol. The third-order valence-corrected chi connectivity index (χ3v) is 8.91. The molecule has 0 bridgehead atoms. The monoisotopic (exact) mass is 611 g/mol. The number of sulfonamides is 1. The van der Waals surface area contributed by atoms with Crippen LogP contribution in [0.2, 0.25) is 0 Å². The Morgan fingerprint density at radius 1 is 1.02 bits per heavy atom. The SMILES string of the molecule is CC(C)n1c(=O)c(-c2cc(F)c(NS(=O)(=O)Cc3ccccc3)c(F)c2)nc2cnc(N[C@H]3CC[C@H](N(C)C)CC3)nc21. The smallest absolute Gasteiger partial charge is 0.278 e. The zero-order valence-electron chi connectivity index (χ0n) is 24.5. The van der Waals surface area contributed by atoms with Crippen molar-refractivity contribution in [3.8, 4) is 11.3 Å². The second-order valence-electron chi connectivity index (χ2n) is 11.4. The van der Waals surface area contributed by atoms with E-state index in [4.69, 9.17) is 0 Å². The largest absolute Gasteiger partial charge is 0.351 e. The van der Waals surface area contributed by atoms with E-state index in [0.717, 1.165) is 37.8 Å². The summed E-state index contributed by atoms with van der Waals surface area (Å²) >= 11 is 0. The zero-order chi connectivity index (χ0) is 30.9. The van der Waals surface area contributed by atoms with E-state index in [0.29, 0.717) is 23.2 Å². The van der Waals surface area contributed by atoms with Gasteiger partial charge in [-0.25, -0.2) is 27.2 Å². The number of halogens is 2. The summed E-state index contributed by atoms with van der Waals surface area (Å²) in [7, 11) is 0.0497. The number of nitrogens with one attached hydrogen (secondary N) is 2. The van der Waals surface area contributed by atoms with Crippen molar-refractivity contribution in [1.82, 2.24) is 24.4 Å². The average Bonchev–Trinajstić information content (AvgIpc) is 2.95. The number of aromatic nitrogens is 4. The zero-order valence-corrected chi connectivity index (χ0v) is 25.3. The van der Waals surface area contributed by atoms with Gasteiger partial charge >= 0.3 is 0 Å². The summed E-state index contributed by atoms with van der Waals surface area (Å²) in [5.74, 6) is -2.44. The van der Waals surface area contributed by atoms with E-state index in [-0.39, 0.29) is 28.9 Å². The molecule has 0 saturated heterocycles. The summed E-state index contributed by atoms with van der Waals surface area (Å²) in [6.45, 7) is 3.60. The molecule has 5 rings (SSSR count). The number of nitrogens with zero attached hydrogens (tertiary/aromatic N) is 5. The number of fused-ring (bicyclic) bond motifs is 1. The number of hydrogen-bond donors (Lipinski definition) is 2. The standard InChI is InChI=1S/C30H35F2N7O3S/c1-18(2)39-28-25(16-33-30(36-28)34-21-10-12-22(13-11-21)38(3)4)35-26(29(39)40)20-14-23(31)27(24(32)15-20)37-43(41,42)17-19-8-6-5-7-9-19/h5-9,14-16,18,21-22,37H,10-13,17H2,1-4H3,(H,33,34,36)/t21-,22-. The Labute approximate surface area is 249 Å². The van der Waals surface area contributed by atoms with Crippen molar-refractivity contribution in [3.05, 3.63) is 76.2 Å². The third kappa shape index (κ3) is 6.83. The molecule has 2 N–H and O–H groups in total. The van der Waals surface area contributed by atoms with E-state index in [1.54, 1.807) is 44.2 Å². The Balaban J connectivity index is 1.44. The lowest BCUT2D eigenvalue weighted by atomic mass is 9.91. The highest BCUT2D eigenvalue weighted by atomic mass is 32.2. The van der Waals surface area contributed by atoms with E-state index in [9.17, 15) is 13.2 Å². The molecule has 4 aromatic rings. The maximum Gasteiger partial charge on any atom is 0.278 e. The minimum absolute atomic E-state index is 0.137. The van der Waals surface area contributed by atoms with Gasteiger partial charge in [0.05, 0.1) is 11.9 Å². The van der Waals surface area contributed by atoms with Gasteiger partial charge in [0.1, 0.15) is 16.9 Å². The normalized spacial score (nSPS) is 17.5. The van der Waals surface area contributed by atoms with Crippen LogP contribution >= 0.6 is 0 Å². The van der Waals surface area contributed by atoms with Gasteiger partial charge in [-0.2, -0.15) is 4.98 Å². The fourth-order valence-electron chi connectivity index (χ4n) is 5.45. The molecule has 2 heterocycles. The van der Waals surface area contributed by atoms with Gasteiger partial charge in [0.25, 0.3) is 5.56 Å². The van der Waals surface area contributed by atoms with Gasteiger partial charge in [0.15, 0.2) is 17.3 Å². The molecule has 0 radical (unpaired) electrons. The third-order valence-electron chi connectivity index (χ3n) is 7.68. The first-order valence-electron chi connectivity index (χ1n) is 14.2. The molecule has 1 aliphatic rings. The second kappa shape index (κ2) is 12.3. The van der Waals surface area contributed by atoms with Crippen LogP contribution in [0.15, 0.2) is 53.5 Å². The molecule has 228 valence electrons. The van der Waals surface area contributed by atoms with Crippen molar-refractivity contribution in [2.45, 2.75) is 63.4 Å². The van der Waals surface area contributed by atoms with Crippen molar-refractivity contribution in [2.24, 2.45) is 0 Å².